The Morgan fingerprint density at radius 2 is 1.35 bits per heavy atom. The highest BCUT2D eigenvalue weighted by atomic mass is 32.3. The van der Waals surface area contributed by atoms with Gasteiger partial charge in [-0.1, -0.05) is 0 Å². The summed E-state index contributed by atoms with van der Waals surface area (Å²) in [5.74, 6) is 0.160. The summed E-state index contributed by atoms with van der Waals surface area (Å²) in [6, 6.07) is 6.01. The summed E-state index contributed by atoms with van der Waals surface area (Å²) in [6.45, 7) is 0. The van der Waals surface area contributed by atoms with Gasteiger partial charge in [-0.25, -0.2) is 0 Å². The van der Waals surface area contributed by atoms with Crippen molar-refractivity contribution >= 4 is 10.4 Å². The number of hydrogen-bond donors (Lipinski definition) is 0. The third-order valence-electron chi connectivity index (χ3n) is 1.67. The van der Waals surface area contributed by atoms with E-state index in [0.717, 1.165) is 0 Å². The minimum atomic E-state index is -4.17. The molecule has 2 heterocycles. The molecule has 17 heavy (non-hydrogen) atoms. The van der Waals surface area contributed by atoms with Gasteiger partial charge in [-0.05, 0) is 24.3 Å². The Labute approximate surface area is 98.2 Å². The molecule has 0 aromatic carbocycles. The maximum absolute atomic E-state index is 11.5. The highest BCUT2D eigenvalue weighted by Gasteiger charge is 2.15. The van der Waals surface area contributed by atoms with E-state index in [1.54, 1.807) is 12.1 Å². The third-order valence-corrected chi connectivity index (χ3v) is 2.46. The van der Waals surface area contributed by atoms with Crippen LogP contribution in [0.15, 0.2) is 49.1 Å². The molecule has 0 radical (unpaired) electrons. The van der Waals surface area contributed by atoms with E-state index in [9.17, 15) is 8.42 Å². The molecule has 0 saturated carbocycles. The average molecular weight is 252 g/mol. The largest absolute Gasteiger partial charge is 0.501 e. The van der Waals surface area contributed by atoms with Crippen molar-refractivity contribution in [3.63, 3.8) is 0 Å². The number of hydrogen-bond acceptors (Lipinski definition) is 6. The molecule has 0 unspecified atom stereocenters. The van der Waals surface area contributed by atoms with E-state index in [-0.39, 0.29) is 11.5 Å². The first-order valence-corrected chi connectivity index (χ1v) is 5.93. The van der Waals surface area contributed by atoms with Crippen LogP contribution in [0.1, 0.15) is 0 Å². The van der Waals surface area contributed by atoms with E-state index >= 15 is 0 Å². The van der Waals surface area contributed by atoms with Crippen molar-refractivity contribution in [2.75, 3.05) is 0 Å². The summed E-state index contributed by atoms with van der Waals surface area (Å²) in [5.41, 5.74) is 0. The zero-order valence-electron chi connectivity index (χ0n) is 8.55. The van der Waals surface area contributed by atoms with Gasteiger partial charge in [0.2, 0.25) is 0 Å². The minimum Gasteiger partial charge on any atom is -0.351 e. The van der Waals surface area contributed by atoms with Gasteiger partial charge in [0.15, 0.2) is 11.5 Å². The molecule has 2 rings (SSSR count). The molecule has 0 atom stereocenters. The average Bonchev–Trinajstić information content (AvgIpc) is 2.30. The fourth-order valence-corrected chi connectivity index (χ4v) is 1.75. The molecule has 0 fully saturated rings. The Balaban J connectivity index is 2.11. The van der Waals surface area contributed by atoms with Gasteiger partial charge in [-0.15, -0.1) is 8.42 Å². The van der Waals surface area contributed by atoms with Crippen LogP contribution in [0.2, 0.25) is 0 Å². The van der Waals surface area contributed by atoms with Crippen molar-refractivity contribution in [1.82, 2.24) is 9.97 Å². The first-order valence-electron chi connectivity index (χ1n) is 4.60. The molecule has 0 aliphatic rings. The van der Waals surface area contributed by atoms with E-state index in [1.807, 2.05) is 0 Å². The van der Waals surface area contributed by atoms with Crippen molar-refractivity contribution in [3.05, 3.63) is 49.1 Å². The molecular weight excluding hydrogens is 244 g/mol. The quantitative estimate of drug-likeness (QED) is 0.813. The Bertz CT molecular complexity index is 524. The normalized spacial score (nSPS) is 10.8. The summed E-state index contributed by atoms with van der Waals surface area (Å²) in [6.07, 6.45) is 5.54. The van der Waals surface area contributed by atoms with Crippen LogP contribution in [0.4, 0.5) is 0 Å². The Hall–Kier alpha value is -2.15. The second-order valence-electron chi connectivity index (χ2n) is 2.95. The molecule has 0 amide bonds. The summed E-state index contributed by atoms with van der Waals surface area (Å²) >= 11 is 0. The lowest BCUT2D eigenvalue weighted by Gasteiger charge is -2.06. The lowest BCUT2D eigenvalue weighted by atomic mass is 10.5. The SMILES string of the molecule is O=S(=O)(Oc1cccnc1)Oc1cccnc1. The van der Waals surface area contributed by atoms with Gasteiger partial charge in [0.25, 0.3) is 0 Å². The summed E-state index contributed by atoms with van der Waals surface area (Å²) in [7, 11) is -4.17. The van der Waals surface area contributed by atoms with E-state index in [0.29, 0.717) is 0 Å². The Morgan fingerprint density at radius 1 is 0.882 bits per heavy atom. The van der Waals surface area contributed by atoms with Crippen LogP contribution in [-0.2, 0) is 10.4 Å². The van der Waals surface area contributed by atoms with Crippen molar-refractivity contribution in [2.45, 2.75) is 0 Å². The van der Waals surface area contributed by atoms with Gasteiger partial charge >= 0.3 is 10.4 Å². The lowest BCUT2D eigenvalue weighted by molar-refractivity contribution is 0.391. The van der Waals surface area contributed by atoms with Gasteiger partial charge in [-0.3, -0.25) is 9.97 Å². The first-order chi connectivity index (χ1) is 8.16. The number of pyridine rings is 2. The summed E-state index contributed by atoms with van der Waals surface area (Å²) in [4.78, 5) is 7.44. The van der Waals surface area contributed by atoms with Crippen LogP contribution in [0.5, 0.6) is 11.5 Å². The highest BCUT2D eigenvalue weighted by Crippen LogP contribution is 2.14. The fraction of sp³-hybridized carbons (Fsp3) is 0. The maximum atomic E-state index is 11.5. The highest BCUT2D eigenvalue weighted by molar-refractivity contribution is 7.82. The van der Waals surface area contributed by atoms with Gasteiger partial charge in [0.05, 0.1) is 12.4 Å². The molecule has 0 N–H and O–H groups in total. The van der Waals surface area contributed by atoms with Crippen molar-refractivity contribution < 1.29 is 16.8 Å². The van der Waals surface area contributed by atoms with Crippen molar-refractivity contribution in [1.29, 1.82) is 0 Å². The molecule has 0 spiro atoms. The van der Waals surface area contributed by atoms with Gasteiger partial charge in [0, 0.05) is 12.4 Å². The number of rotatable bonds is 4. The summed E-state index contributed by atoms with van der Waals surface area (Å²) < 4.78 is 32.3. The lowest BCUT2D eigenvalue weighted by Crippen LogP contribution is -2.16. The van der Waals surface area contributed by atoms with Crippen molar-refractivity contribution in [3.8, 4) is 11.5 Å². The number of nitrogens with zero attached hydrogens (tertiary/aromatic N) is 2. The molecule has 6 nitrogen and oxygen atoms in total. The third kappa shape index (κ3) is 3.42. The minimum absolute atomic E-state index is 0.0800. The molecule has 0 bridgehead atoms. The van der Waals surface area contributed by atoms with Crippen LogP contribution in [-0.4, -0.2) is 18.4 Å². The second kappa shape index (κ2) is 4.79. The Kier molecular flexibility index (Phi) is 3.20. The van der Waals surface area contributed by atoms with E-state index in [2.05, 4.69) is 18.3 Å². The van der Waals surface area contributed by atoms with E-state index in [1.165, 1.54) is 36.9 Å². The molecule has 0 aliphatic heterocycles. The van der Waals surface area contributed by atoms with Gasteiger partial charge in [-0.2, -0.15) is 0 Å². The maximum Gasteiger partial charge on any atom is 0.501 e. The first kappa shape index (κ1) is 11.3. The standard InChI is InChI=1S/C10H8N2O4S/c13-17(14,15-9-3-1-5-11-7-9)16-10-4-2-6-12-8-10/h1-8H. The smallest absolute Gasteiger partial charge is 0.351 e. The van der Waals surface area contributed by atoms with Crippen LogP contribution in [0.25, 0.3) is 0 Å². The molecule has 2 aromatic rings. The molecule has 7 heteroatoms. The van der Waals surface area contributed by atoms with E-state index in [4.69, 9.17) is 0 Å². The van der Waals surface area contributed by atoms with Crippen LogP contribution in [0, 0.1) is 0 Å². The number of aromatic nitrogens is 2. The second-order valence-corrected chi connectivity index (χ2v) is 4.10. The van der Waals surface area contributed by atoms with Crippen LogP contribution in [0.3, 0.4) is 0 Å². The predicted octanol–water partition coefficient (Wildman–Crippen LogP) is 1.18. The van der Waals surface area contributed by atoms with Crippen LogP contribution >= 0.6 is 0 Å². The Morgan fingerprint density at radius 3 is 1.71 bits per heavy atom. The molecule has 0 aliphatic carbocycles. The van der Waals surface area contributed by atoms with E-state index < -0.39 is 10.4 Å². The van der Waals surface area contributed by atoms with Gasteiger partial charge < -0.3 is 8.37 Å². The zero-order chi connectivity index (χ0) is 12.1. The summed E-state index contributed by atoms with van der Waals surface area (Å²) in [5, 5.41) is 0. The molecule has 0 saturated heterocycles. The van der Waals surface area contributed by atoms with Crippen LogP contribution < -0.4 is 8.37 Å². The predicted molar refractivity (Wildman–Crippen MR) is 58.6 cm³/mol. The molecular formula is C10H8N2O4S. The topological polar surface area (TPSA) is 78.4 Å². The molecule has 2 aromatic heterocycles. The zero-order valence-corrected chi connectivity index (χ0v) is 9.37. The molecule has 88 valence electrons. The van der Waals surface area contributed by atoms with Crippen molar-refractivity contribution in [2.24, 2.45) is 0 Å². The fourth-order valence-electron chi connectivity index (χ4n) is 1.05. The monoisotopic (exact) mass is 252 g/mol. The van der Waals surface area contributed by atoms with Gasteiger partial charge in [0.1, 0.15) is 0 Å².